The molecular weight excluding hydrogens is 278 g/mol. The zero-order valence-electron chi connectivity index (χ0n) is 11.7. The van der Waals surface area contributed by atoms with Crippen molar-refractivity contribution in [3.05, 3.63) is 0 Å². The zero-order chi connectivity index (χ0) is 12.7. The first kappa shape index (κ1) is 15.5. The first-order valence-corrected chi connectivity index (χ1v) is 8.21. The van der Waals surface area contributed by atoms with Crippen LogP contribution in [0.25, 0.3) is 0 Å². The molecule has 1 aliphatic rings. The van der Waals surface area contributed by atoms with E-state index in [1.54, 1.807) is 0 Å². The molecule has 3 heteroatoms. The van der Waals surface area contributed by atoms with Gasteiger partial charge in [0, 0.05) is 25.0 Å². The molecule has 0 aromatic heterocycles. The zero-order valence-corrected chi connectivity index (χ0v) is 13.3. The quantitative estimate of drug-likeness (QED) is 0.665. The van der Waals surface area contributed by atoms with Crippen LogP contribution in [0.2, 0.25) is 0 Å². The van der Waals surface area contributed by atoms with Crippen LogP contribution in [0.4, 0.5) is 0 Å². The second-order valence-corrected chi connectivity index (χ2v) is 5.86. The summed E-state index contributed by atoms with van der Waals surface area (Å²) >= 11 is 3.71. The lowest BCUT2D eigenvalue weighted by Crippen LogP contribution is -2.45. The summed E-state index contributed by atoms with van der Waals surface area (Å²) in [6.45, 7) is 11.2. The van der Waals surface area contributed by atoms with Gasteiger partial charge < -0.3 is 9.64 Å². The third-order valence-electron chi connectivity index (χ3n) is 4.21. The SMILES string of the molecule is CCOC1CCCN(CC(CC)(CC)CBr)C1. The molecule has 1 heterocycles. The third kappa shape index (κ3) is 4.53. The van der Waals surface area contributed by atoms with E-state index in [1.807, 2.05) is 0 Å². The molecule has 0 saturated carbocycles. The van der Waals surface area contributed by atoms with Gasteiger partial charge in [-0.05, 0) is 44.6 Å². The third-order valence-corrected chi connectivity index (χ3v) is 5.40. The van der Waals surface area contributed by atoms with Gasteiger partial charge in [-0.25, -0.2) is 0 Å². The average Bonchev–Trinajstić information content (AvgIpc) is 2.37. The van der Waals surface area contributed by atoms with Gasteiger partial charge in [0.05, 0.1) is 6.10 Å². The Hall–Kier alpha value is 0.400. The fourth-order valence-corrected chi connectivity index (χ4v) is 3.68. The lowest BCUT2D eigenvalue weighted by atomic mass is 9.83. The molecule has 0 radical (unpaired) electrons. The highest BCUT2D eigenvalue weighted by molar-refractivity contribution is 9.09. The van der Waals surface area contributed by atoms with Crippen molar-refractivity contribution in [1.29, 1.82) is 0 Å². The van der Waals surface area contributed by atoms with E-state index in [0.29, 0.717) is 11.5 Å². The maximum absolute atomic E-state index is 5.78. The van der Waals surface area contributed by atoms with Crippen molar-refractivity contribution in [3.8, 4) is 0 Å². The van der Waals surface area contributed by atoms with Crippen LogP contribution in [0.5, 0.6) is 0 Å². The number of hydrogen-bond donors (Lipinski definition) is 0. The Bertz CT molecular complexity index is 196. The molecule has 0 spiro atoms. The number of ether oxygens (including phenoxy) is 1. The van der Waals surface area contributed by atoms with Crippen LogP contribution in [0.15, 0.2) is 0 Å². The minimum atomic E-state index is 0.452. The minimum Gasteiger partial charge on any atom is -0.377 e. The molecule has 1 saturated heterocycles. The van der Waals surface area contributed by atoms with Crippen LogP contribution in [-0.2, 0) is 4.74 Å². The van der Waals surface area contributed by atoms with Crippen molar-refractivity contribution in [2.45, 2.75) is 52.6 Å². The van der Waals surface area contributed by atoms with Gasteiger partial charge in [0.15, 0.2) is 0 Å². The van der Waals surface area contributed by atoms with Gasteiger partial charge in [0.25, 0.3) is 0 Å². The average molecular weight is 306 g/mol. The molecule has 0 aromatic rings. The van der Waals surface area contributed by atoms with Crippen LogP contribution >= 0.6 is 15.9 Å². The van der Waals surface area contributed by atoms with Gasteiger partial charge in [-0.15, -0.1) is 0 Å². The van der Waals surface area contributed by atoms with Crippen molar-refractivity contribution in [1.82, 2.24) is 4.90 Å². The van der Waals surface area contributed by atoms with Gasteiger partial charge >= 0.3 is 0 Å². The molecule has 0 aliphatic carbocycles. The number of halogens is 1. The topological polar surface area (TPSA) is 12.5 Å². The van der Waals surface area contributed by atoms with E-state index in [0.717, 1.165) is 18.5 Å². The lowest BCUT2D eigenvalue weighted by molar-refractivity contribution is -0.00544. The van der Waals surface area contributed by atoms with Crippen molar-refractivity contribution >= 4 is 15.9 Å². The maximum Gasteiger partial charge on any atom is 0.0702 e. The molecule has 1 atom stereocenters. The summed E-state index contributed by atoms with van der Waals surface area (Å²) in [7, 11) is 0. The fourth-order valence-electron chi connectivity index (χ4n) is 2.71. The molecule has 0 amide bonds. The summed E-state index contributed by atoms with van der Waals surface area (Å²) in [5, 5.41) is 1.11. The van der Waals surface area contributed by atoms with Gasteiger partial charge in [0.1, 0.15) is 0 Å². The van der Waals surface area contributed by atoms with E-state index in [2.05, 4.69) is 41.6 Å². The highest BCUT2D eigenvalue weighted by atomic mass is 79.9. The Labute approximate surface area is 115 Å². The summed E-state index contributed by atoms with van der Waals surface area (Å²) in [4.78, 5) is 2.61. The van der Waals surface area contributed by atoms with Gasteiger partial charge in [-0.2, -0.15) is 0 Å². The number of nitrogens with zero attached hydrogens (tertiary/aromatic N) is 1. The predicted molar refractivity (Wildman–Crippen MR) is 77.9 cm³/mol. The largest absolute Gasteiger partial charge is 0.377 e. The van der Waals surface area contributed by atoms with Gasteiger partial charge in [0.2, 0.25) is 0 Å². The number of likely N-dealkylation sites (tertiary alicyclic amines) is 1. The van der Waals surface area contributed by atoms with Crippen molar-refractivity contribution < 1.29 is 4.74 Å². The van der Waals surface area contributed by atoms with Crippen molar-refractivity contribution in [2.24, 2.45) is 5.41 Å². The van der Waals surface area contributed by atoms with E-state index in [-0.39, 0.29) is 0 Å². The first-order valence-electron chi connectivity index (χ1n) is 7.09. The number of rotatable bonds is 7. The van der Waals surface area contributed by atoms with Gasteiger partial charge in [-0.1, -0.05) is 29.8 Å². The molecule has 1 rings (SSSR count). The van der Waals surface area contributed by atoms with Gasteiger partial charge in [-0.3, -0.25) is 0 Å². The number of alkyl halides is 1. The summed E-state index contributed by atoms with van der Waals surface area (Å²) in [5.74, 6) is 0. The number of piperidine rings is 1. The Balaban J connectivity index is 2.49. The van der Waals surface area contributed by atoms with Crippen LogP contribution in [0.1, 0.15) is 46.5 Å². The lowest BCUT2D eigenvalue weighted by Gasteiger charge is -2.40. The molecule has 0 N–H and O–H groups in total. The minimum absolute atomic E-state index is 0.452. The van der Waals surface area contributed by atoms with Crippen molar-refractivity contribution in [2.75, 3.05) is 31.6 Å². The van der Waals surface area contributed by atoms with E-state index in [4.69, 9.17) is 4.74 Å². The summed E-state index contributed by atoms with van der Waals surface area (Å²) < 4.78 is 5.78. The monoisotopic (exact) mass is 305 g/mol. The Morgan fingerprint density at radius 2 is 2.00 bits per heavy atom. The predicted octanol–water partition coefficient (Wildman–Crippen LogP) is 3.69. The second-order valence-electron chi connectivity index (χ2n) is 5.30. The normalized spacial score (nSPS) is 22.9. The van der Waals surface area contributed by atoms with Crippen LogP contribution in [0, 0.1) is 5.41 Å². The van der Waals surface area contributed by atoms with E-state index < -0.39 is 0 Å². The van der Waals surface area contributed by atoms with E-state index in [9.17, 15) is 0 Å². The first-order chi connectivity index (χ1) is 8.19. The molecule has 2 nitrogen and oxygen atoms in total. The van der Waals surface area contributed by atoms with Crippen LogP contribution in [0.3, 0.4) is 0 Å². The standard InChI is InChI=1S/C14H28BrNO/c1-4-14(5-2,11-15)12-16-9-7-8-13(10-16)17-6-3/h13H,4-12H2,1-3H3. The fraction of sp³-hybridized carbons (Fsp3) is 1.00. The Morgan fingerprint density at radius 1 is 1.29 bits per heavy atom. The Morgan fingerprint density at radius 3 is 2.53 bits per heavy atom. The van der Waals surface area contributed by atoms with E-state index >= 15 is 0 Å². The molecule has 102 valence electrons. The van der Waals surface area contributed by atoms with E-state index in [1.165, 1.54) is 38.8 Å². The molecule has 1 fully saturated rings. The maximum atomic E-state index is 5.78. The Kier molecular flexibility index (Phi) is 7.05. The summed E-state index contributed by atoms with van der Waals surface area (Å²) in [6, 6.07) is 0. The smallest absolute Gasteiger partial charge is 0.0702 e. The van der Waals surface area contributed by atoms with Crippen LogP contribution < -0.4 is 0 Å². The molecule has 0 aromatic carbocycles. The second kappa shape index (κ2) is 7.75. The van der Waals surface area contributed by atoms with Crippen molar-refractivity contribution in [3.63, 3.8) is 0 Å². The summed E-state index contributed by atoms with van der Waals surface area (Å²) in [6.07, 6.45) is 5.51. The molecule has 0 bridgehead atoms. The highest BCUT2D eigenvalue weighted by Gasteiger charge is 2.30. The molecular formula is C14H28BrNO. The molecule has 1 aliphatic heterocycles. The molecule has 1 unspecified atom stereocenters. The summed E-state index contributed by atoms with van der Waals surface area (Å²) in [5.41, 5.74) is 0.452. The molecule has 17 heavy (non-hydrogen) atoms. The number of hydrogen-bond acceptors (Lipinski definition) is 2. The van der Waals surface area contributed by atoms with Crippen LogP contribution in [-0.4, -0.2) is 42.6 Å². The highest BCUT2D eigenvalue weighted by Crippen LogP contribution is 2.31.